The van der Waals surface area contributed by atoms with Crippen molar-refractivity contribution in [3.05, 3.63) is 35.1 Å². The summed E-state index contributed by atoms with van der Waals surface area (Å²) in [6, 6.07) is 2.97. The van der Waals surface area contributed by atoms with Gasteiger partial charge in [-0.25, -0.2) is 14.0 Å². The summed E-state index contributed by atoms with van der Waals surface area (Å²) in [6.07, 6.45) is -3.69. The maximum atomic E-state index is 13.3. The average molecular weight is 329 g/mol. The van der Waals surface area contributed by atoms with Crippen LogP contribution in [0.2, 0.25) is 0 Å². The minimum atomic E-state index is -1.50. The van der Waals surface area contributed by atoms with Gasteiger partial charge in [0.1, 0.15) is 23.6 Å². The fraction of sp³-hybridized carbons (Fsp3) is 0.467. The van der Waals surface area contributed by atoms with Gasteiger partial charge < -0.3 is 25.4 Å². The molecule has 7 nitrogen and oxygen atoms in total. The highest BCUT2D eigenvalue weighted by molar-refractivity contribution is 5.88. The van der Waals surface area contributed by atoms with Gasteiger partial charge in [0.25, 0.3) is 0 Å². The van der Waals surface area contributed by atoms with Crippen molar-refractivity contribution >= 4 is 12.1 Å². The first-order valence-electron chi connectivity index (χ1n) is 6.87. The fourth-order valence-electron chi connectivity index (χ4n) is 1.73. The molecule has 0 aliphatic heterocycles. The van der Waals surface area contributed by atoms with E-state index in [1.807, 2.05) is 0 Å². The number of ether oxygens (including phenoxy) is 1. The first kappa shape index (κ1) is 18.9. The number of aromatic carboxylic acids is 1. The smallest absolute Gasteiger partial charge is 0.407 e. The van der Waals surface area contributed by atoms with Crippen LogP contribution in [0.15, 0.2) is 18.2 Å². The van der Waals surface area contributed by atoms with E-state index in [-0.39, 0.29) is 12.1 Å². The van der Waals surface area contributed by atoms with E-state index >= 15 is 0 Å². The number of hydrogen-bond donors (Lipinski definition) is 4. The third-order valence-corrected chi connectivity index (χ3v) is 2.78. The second-order valence-electron chi connectivity index (χ2n) is 5.94. The summed E-state index contributed by atoms with van der Waals surface area (Å²) in [5.41, 5.74) is -1.31. The Labute approximate surface area is 132 Å². The molecule has 2 unspecified atom stereocenters. The van der Waals surface area contributed by atoms with Gasteiger partial charge in [0.2, 0.25) is 0 Å². The van der Waals surface area contributed by atoms with Crippen molar-refractivity contribution in [2.24, 2.45) is 0 Å². The van der Waals surface area contributed by atoms with E-state index in [1.165, 1.54) is 0 Å². The van der Waals surface area contributed by atoms with Gasteiger partial charge in [-0.1, -0.05) is 6.07 Å². The lowest BCUT2D eigenvalue weighted by Crippen LogP contribution is -2.38. The van der Waals surface area contributed by atoms with Crippen LogP contribution >= 0.6 is 0 Å². The van der Waals surface area contributed by atoms with E-state index in [0.29, 0.717) is 0 Å². The van der Waals surface area contributed by atoms with E-state index in [1.54, 1.807) is 20.8 Å². The zero-order valence-corrected chi connectivity index (χ0v) is 13.0. The number of carbonyl (C=O) groups excluding carboxylic acids is 1. The molecule has 0 fully saturated rings. The first-order valence-corrected chi connectivity index (χ1v) is 6.87. The van der Waals surface area contributed by atoms with Gasteiger partial charge in [0.15, 0.2) is 0 Å². The summed E-state index contributed by atoms with van der Waals surface area (Å²) in [5.74, 6) is -2.44. The largest absolute Gasteiger partial charge is 0.478 e. The van der Waals surface area contributed by atoms with Crippen LogP contribution < -0.4 is 5.32 Å². The Kier molecular flexibility index (Phi) is 6.05. The summed E-state index contributed by atoms with van der Waals surface area (Å²) in [7, 11) is 0. The summed E-state index contributed by atoms with van der Waals surface area (Å²) in [6.45, 7) is 4.69. The quantitative estimate of drug-likeness (QED) is 0.649. The molecular formula is C15H20FNO6. The van der Waals surface area contributed by atoms with Gasteiger partial charge in [0, 0.05) is 6.54 Å². The molecular weight excluding hydrogens is 309 g/mol. The van der Waals surface area contributed by atoms with E-state index < -0.39 is 41.3 Å². The van der Waals surface area contributed by atoms with Crippen molar-refractivity contribution < 1.29 is 34.0 Å². The molecule has 0 aromatic heterocycles. The molecule has 0 saturated carbocycles. The molecule has 0 spiro atoms. The molecule has 1 aromatic carbocycles. The molecule has 8 heteroatoms. The summed E-state index contributed by atoms with van der Waals surface area (Å²) in [4.78, 5) is 22.3. The molecule has 2 atom stereocenters. The minimum Gasteiger partial charge on any atom is -0.478 e. The van der Waals surface area contributed by atoms with Gasteiger partial charge in [-0.2, -0.15) is 0 Å². The first-order chi connectivity index (χ1) is 10.5. The van der Waals surface area contributed by atoms with Crippen LogP contribution in [0.25, 0.3) is 0 Å². The second-order valence-corrected chi connectivity index (χ2v) is 5.94. The van der Waals surface area contributed by atoms with Gasteiger partial charge in [-0.3, -0.25) is 0 Å². The summed E-state index contributed by atoms with van der Waals surface area (Å²) >= 11 is 0. The Bertz CT molecular complexity index is 584. The molecule has 0 aliphatic rings. The van der Waals surface area contributed by atoms with Gasteiger partial charge >= 0.3 is 12.1 Å². The predicted octanol–water partition coefficient (Wildman–Crippen LogP) is 1.44. The highest BCUT2D eigenvalue weighted by Gasteiger charge is 2.23. The maximum Gasteiger partial charge on any atom is 0.407 e. The molecule has 0 heterocycles. The SMILES string of the molecule is CC(C)(C)OC(=O)NCC(O)C(O)c1ccc(F)c(C(=O)O)c1. The van der Waals surface area contributed by atoms with Crippen LogP contribution in [-0.2, 0) is 4.74 Å². The lowest BCUT2D eigenvalue weighted by molar-refractivity contribution is 0.0129. The fourth-order valence-corrected chi connectivity index (χ4v) is 1.73. The van der Waals surface area contributed by atoms with Crippen LogP contribution in [0.5, 0.6) is 0 Å². The Morgan fingerprint density at radius 1 is 1.30 bits per heavy atom. The second kappa shape index (κ2) is 7.38. The van der Waals surface area contributed by atoms with E-state index in [9.17, 15) is 24.2 Å². The number of rotatable bonds is 5. The van der Waals surface area contributed by atoms with Crippen LogP contribution in [0.4, 0.5) is 9.18 Å². The zero-order valence-electron chi connectivity index (χ0n) is 13.0. The number of halogens is 1. The predicted molar refractivity (Wildman–Crippen MR) is 78.6 cm³/mol. The lowest BCUT2D eigenvalue weighted by atomic mass is 10.0. The number of nitrogens with one attached hydrogen (secondary N) is 1. The maximum absolute atomic E-state index is 13.3. The number of aliphatic hydroxyl groups is 2. The van der Waals surface area contributed by atoms with E-state index in [0.717, 1.165) is 18.2 Å². The summed E-state index contributed by atoms with van der Waals surface area (Å²) in [5, 5.41) is 30.9. The number of carboxylic acid groups (broad SMARTS) is 1. The van der Waals surface area contributed by atoms with Gasteiger partial charge in [-0.05, 0) is 38.5 Å². The number of amides is 1. The highest BCUT2D eigenvalue weighted by Crippen LogP contribution is 2.20. The third-order valence-electron chi connectivity index (χ3n) is 2.78. The lowest BCUT2D eigenvalue weighted by Gasteiger charge is -2.22. The highest BCUT2D eigenvalue weighted by atomic mass is 19.1. The van der Waals surface area contributed by atoms with Crippen molar-refractivity contribution in [1.82, 2.24) is 5.32 Å². The van der Waals surface area contributed by atoms with Crippen molar-refractivity contribution in [2.45, 2.75) is 38.6 Å². The topological polar surface area (TPSA) is 116 Å². The Hall–Kier alpha value is -2.19. The Morgan fingerprint density at radius 2 is 1.91 bits per heavy atom. The number of benzene rings is 1. The molecule has 23 heavy (non-hydrogen) atoms. The number of hydrogen-bond acceptors (Lipinski definition) is 5. The van der Waals surface area contributed by atoms with Gasteiger partial charge in [0.05, 0.1) is 5.56 Å². The Balaban J connectivity index is 2.70. The normalized spacial score (nSPS) is 14.0. The average Bonchev–Trinajstić information content (AvgIpc) is 2.42. The zero-order chi connectivity index (χ0) is 17.8. The monoisotopic (exact) mass is 329 g/mol. The van der Waals surface area contributed by atoms with Crippen molar-refractivity contribution in [1.29, 1.82) is 0 Å². The molecule has 0 radical (unpaired) electrons. The molecule has 1 aromatic rings. The molecule has 1 amide bonds. The van der Waals surface area contributed by atoms with Gasteiger partial charge in [-0.15, -0.1) is 0 Å². The van der Waals surface area contributed by atoms with Crippen molar-refractivity contribution in [2.75, 3.05) is 6.54 Å². The Morgan fingerprint density at radius 3 is 2.43 bits per heavy atom. The van der Waals surface area contributed by atoms with Crippen LogP contribution in [-0.4, -0.2) is 45.6 Å². The third kappa shape index (κ3) is 5.84. The molecule has 0 aliphatic carbocycles. The minimum absolute atomic E-state index is 0.0160. The van der Waals surface area contributed by atoms with Crippen LogP contribution in [0.1, 0.15) is 42.8 Å². The number of alkyl carbamates (subject to hydrolysis) is 1. The van der Waals surface area contributed by atoms with Crippen LogP contribution in [0, 0.1) is 5.82 Å². The van der Waals surface area contributed by atoms with Crippen molar-refractivity contribution in [3.8, 4) is 0 Å². The summed E-state index contributed by atoms with van der Waals surface area (Å²) < 4.78 is 18.3. The van der Waals surface area contributed by atoms with Crippen LogP contribution in [0.3, 0.4) is 0 Å². The van der Waals surface area contributed by atoms with E-state index in [2.05, 4.69) is 5.32 Å². The number of aliphatic hydroxyl groups excluding tert-OH is 2. The number of carboxylic acids is 1. The number of carbonyl (C=O) groups is 2. The molecule has 0 saturated heterocycles. The van der Waals surface area contributed by atoms with E-state index in [4.69, 9.17) is 9.84 Å². The van der Waals surface area contributed by atoms with Crippen molar-refractivity contribution in [3.63, 3.8) is 0 Å². The molecule has 1 rings (SSSR count). The molecule has 0 bridgehead atoms. The molecule has 4 N–H and O–H groups in total. The molecule has 128 valence electrons. The standard InChI is InChI=1S/C15H20FNO6/c1-15(2,3)23-14(22)17-7-11(18)12(19)8-4-5-10(16)9(6-8)13(20)21/h4-6,11-12,18-19H,7H2,1-3H3,(H,17,22)(H,20,21).